The average molecular weight is 303 g/mol. The SMILES string of the molecule is Cc1ccc(OCC(=O)N2CCOC3CCCCC32)cc1C. The Morgan fingerprint density at radius 2 is 2.09 bits per heavy atom. The molecule has 2 atom stereocenters. The Hall–Kier alpha value is -1.55. The van der Waals surface area contributed by atoms with Gasteiger partial charge in [0, 0.05) is 6.54 Å². The Morgan fingerprint density at radius 1 is 1.27 bits per heavy atom. The summed E-state index contributed by atoms with van der Waals surface area (Å²) in [7, 11) is 0. The van der Waals surface area contributed by atoms with Crippen molar-refractivity contribution in [2.75, 3.05) is 19.8 Å². The number of morpholine rings is 1. The number of ether oxygens (including phenoxy) is 2. The molecule has 0 N–H and O–H groups in total. The molecule has 1 aliphatic heterocycles. The summed E-state index contributed by atoms with van der Waals surface area (Å²) in [5.74, 6) is 0.850. The Bertz CT molecular complexity index is 541. The number of carbonyl (C=O) groups is 1. The fourth-order valence-corrected chi connectivity index (χ4v) is 3.44. The highest BCUT2D eigenvalue weighted by atomic mass is 16.5. The van der Waals surface area contributed by atoms with Gasteiger partial charge in [0.2, 0.25) is 0 Å². The van der Waals surface area contributed by atoms with Crippen molar-refractivity contribution in [2.45, 2.75) is 51.7 Å². The zero-order valence-corrected chi connectivity index (χ0v) is 13.5. The van der Waals surface area contributed by atoms with Gasteiger partial charge in [0.25, 0.3) is 5.91 Å². The highest BCUT2D eigenvalue weighted by Gasteiger charge is 2.36. The van der Waals surface area contributed by atoms with Crippen molar-refractivity contribution in [2.24, 2.45) is 0 Å². The molecule has 0 aromatic heterocycles. The van der Waals surface area contributed by atoms with E-state index in [1.165, 1.54) is 24.0 Å². The molecule has 22 heavy (non-hydrogen) atoms. The van der Waals surface area contributed by atoms with Crippen LogP contribution in [0.15, 0.2) is 18.2 Å². The first kappa shape index (κ1) is 15.3. The maximum absolute atomic E-state index is 12.5. The van der Waals surface area contributed by atoms with Crippen molar-refractivity contribution in [3.63, 3.8) is 0 Å². The van der Waals surface area contributed by atoms with Crippen molar-refractivity contribution < 1.29 is 14.3 Å². The first-order valence-corrected chi connectivity index (χ1v) is 8.26. The number of aryl methyl sites for hydroxylation is 2. The van der Waals surface area contributed by atoms with Gasteiger partial charge in [0.15, 0.2) is 6.61 Å². The van der Waals surface area contributed by atoms with Crippen LogP contribution in [0.2, 0.25) is 0 Å². The number of benzene rings is 1. The predicted octanol–water partition coefficient (Wildman–Crippen LogP) is 2.85. The van der Waals surface area contributed by atoms with Gasteiger partial charge in [0.05, 0.1) is 18.8 Å². The second-order valence-corrected chi connectivity index (χ2v) is 6.38. The summed E-state index contributed by atoms with van der Waals surface area (Å²) in [5, 5.41) is 0. The topological polar surface area (TPSA) is 38.8 Å². The molecule has 2 aliphatic rings. The summed E-state index contributed by atoms with van der Waals surface area (Å²) < 4.78 is 11.5. The van der Waals surface area contributed by atoms with Crippen LogP contribution in [0.5, 0.6) is 5.75 Å². The van der Waals surface area contributed by atoms with E-state index in [-0.39, 0.29) is 24.7 Å². The largest absolute Gasteiger partial charge is 0.484 e. The van der Waals surface area contributed by atoms with E-state index in [9.17, 15) is 4.79 Å². The number of amides is 1. The van der Waals surface area contributed by atoms with Crippen LogP contribution in [0.25, 0.3) is 0 Å². The number of rotatable bonds is 3. The number of hydrogen-bond donors (Lipinski definition) is 0. The molecule has 1 heterocycles. The predicted molar refractivity (Wildman–Crippen MR) is 85.1 cm³/mol. The number of nitrogens with zero attached hydrogens (tertiary/aromatic N) is 1. The Labute approximate surface area is 132 Å². The van der Waals surface area contributed by atoms with Crippen LogP contribution >= 0.6 is 0 Å². The molecule has 3 rings (SSSR count). The normalized spacial score (nSPS) is 24.7. The van der Waals surface area contributed by atoms with Crippen LogP contribution < -0.4 is 4.74 Å². The summed E-state index contributed by atoms with van der Waals surface area (Å²) in [4.78, 5) is 14.5. The van der Waals surface area contributed by atoms with Gasteiger partial charge in [-0.15, -0.1) is 0 Å². The summed E-state index contributed by atoms with van der Waals surface area (Å²) >= 11 is 0. The molecule has 1 amide bonds. The van der Waals surface area contributed by atoms with E-state index < -0.39 is 0 Å². The van der Waals surface area contributed by atoms with Crippen LogP contribution in [0.4, 0.5) is 0 Å². The van der Waals surface area contributed by atoms with E-state index in [4.69, 9.17) is 9.47 Å². The van der Waals surface area contributed by atoms with Gasteiger partial charge in [-0.25, -0.2) is 0 Å². The van der Waals surface area contributed by atoms with E-state index >= 15 is 0 Å². The molecule has 1 saturated heterocycles. The lowest BCUT2D eigenvalue weighted by atomic mass is 9.90. The zero-order chi connectivity index (χ0) is 15.5. The lowest BCUT2D eigenvalue weighted by Crippen LogP contribution is -2.55. The van der Waals surface area contributed by atoms with Crippen molar-refractivity contribution >= 4 is 5.91 Å². The van der Waals surface area contributed by atoms with Crippen molar-refractivity contribution in [1.82, 2.24) is 4.90 Å². The molecular formula is C18H25NO3. The van der Waals surface area contributed by atoms with Crippen molar-refractivity contribution in [3.05, 3.63) is 29.3 Å². The smallest absolute Gasteiger partial charge is 0.260 e. The zero-order valence-electron chi connectivity index (χ0n) is 13.5. The Balaban J connectivity index is 1.59. The van der Waals surface area contributed by atoms with Gasteiger partial charge < -0.3 is 14.4 Å². The molecule has 1 saturated carbocycles. The summed E-state index contributed by atoms with van der Waals surface area (Å²) in [6, 6.07) is 6.20. The summed E-state index contributed by atoms with van der Waals surface area (Å²) in [5.41, 5.74) is 2.42. The van der Waals surface area contributed by atoms with Crippen LogP contribution in [-0.2, 0) is 9.53 Å². The van der Waals surface area contributed by atoms with Crippen LogP contribution in [0.3, 0.4) is 0 Å². The highest BCUT2D eigenvalue weighted by molar-refractivity contribution is 5.78. The third-order valence-electron chi connectivity index (χ3n) is 4.89. The fraction of sp³-hybridized carbons (Fsp3) is 0.611. The molecule has 0 radical (unpaired) electrons. The second kappa shape index (κ2) is 6.69. The minimum atomic E-state index is 0.0819. The lowest BCUT2D eigenvalue weighted by Gasteiger charge is -2.43. The maximum atomic E-state index is 12.5. The van der Waals surface area contributed by atoms with E-state index in [0.717, 1.165) is 18.6 Å². The lowest BCUT2D eigenvalue weighted by molar-refractivity contribution is -0.151. The van der Waals surface area contributed by atoms with Crippen LogP contribution in [-0.4, -0.2) is 42.7 Å². The standard InChI is InChI=1S/C18H25NO3/c1-13-7-8-15(11-14(13)2)22-12-18(20)19-9-10-21-17-6-4-3-5-16(17)19/h7-8,11,16-17H,3-6,9-10,12H2,1-2H3. The number of fused-ring (bicyclic) bond motifs is 1. The molecule has 0 bridgehead atoms. The molecule has 2 unspecified atom stereocenters. The summed E-state index contributed by atoms with van der Waals surface area (Å²) in [6.07, 6.45) is 4.76. The second-order valence-electron chi connectivity index (χ2n) is 6.38. The first-order valence-electron chi connectivity index (χ1n) is 8.26. The molecule has 4 heteroatoms. The van der Waals surface area contributed by atoms with E-state index in [1.807, 2.05) is 23.1 Å². The van der Waals surface area contributed by atoms with Crippen LogP contribution in [0, 0.1) is 13.8 Å². The van der Waals surface area contributed by atoms with Gasteiger partial charge >= 0.3 is 0 Å². The first-order chi connectivity index (χ1) is 10.6. The maximum Gasteiger partial charge on any atom is 0.260 e. The van der Waals surface area contributed by atoms with Crippen molar-refractivity contribution in [1.29, 1.82) is 0 Å². The molecule has 2 fully saturated rings. The van der Waals surface area contributed by atoms with Gasteiger partial charge in [0.1, 0.15) is 5.75 Å². The van der Waals surface area contributed by atoms with Gasteiger partial charge in [-0.2, -0.15) is 0 Å². The fourth-order valence-electron chi connectivity index (χ4n) is 3.44. The van der Waals surface area contributed by atoms with Gasteiger partial charge in [-0.05, 0) is 49.9 Å². The van der Waals surface area contributed by atoms with Gasteiger partial charge in [-0.3, -0.25) is 4.79 Å². The van der Waals surface area contributed by atoms with Crippen molar-refractivity contribution in [3.8, 4) is 5.75 Å². The molecule has 1 aliphatic carbocycles. The molecular weight excluding hydrogens is 278 g/mol. The number of carbonyl (C=O) groups excluding carboxylic acids is 1. The minimum Gasteiger partial charge on any atom is -0.484 e. The molecule has 0 spiro atoms. The third-order valence-corrected chi connectivity index (χ3v) is 4.89. The molecule has 1 aromatic carbocycles. The quantitative estimate of drug-likeness (QED) is 0.862. The van der Waals surface area contributed by atoms with Crippen LogP contribution in [0.1, 0.15) is 36.8 Å². The third kappa shape index (κ3) is 3.27. The molecule has 120 valence electrons. The molecule has 4 nitrogen and oxygen atoms in total. The number of hydrogen-bond acceptors (Lipinski definition) is 3. The summed E-state index contributed by atoms with van der Waals surface area (Å²) in [6.45, 7) is 5.58. The highest BCUT2D eigenvalue weighted by Crippen LogP contribution is 2.28. The minimum absolute atomic E-state index is 0.0819. The van der Waals surface area contributed by atoms with E-state index in [0.29, 0.717) is 13.2 Å². The monoisotopic (exact) mass is 303 g/mol. The van der Waals surface area contributed by atoms with E-state index in [2.05, 4.69) is 13.8 Å². The van der Waals surface area contributed by atoms with Gasteiger partial charge in [-0.1, -0.05) is 18.9 Å². The van der Waals surface area contributed by atoms with E-state index in [1.54, 1.807) is 0 Å². The Kier molecular flexibility index (Phi) is 4.67. The molecule has 1 aromatic rings. The Morgan fingerprint density at radius 3 is 2.91 bits per heavy atom. The average Bonchev–Trinajstić information content (AvgIpc) is 2.55.